The molecule has 0 aliphatic heterocycles. The van der Waals surface area contributed by atoms with Crippen molar-refractivity contribution in [3.05, 3.63) is 0 Å². The van der Waals surface area contributed by atoms with Crippen LogP contribution in [0, 0.1) is 5.92 Å². The van der Waals surface area contributed by atoms with Crippen molar-refractivity contribution in [1.82, 2.24) is 4.42 Å². The van der Waals surface area contributed by atoms with Crippen LogP contribution in [0.25, 0.3) is 0 Å². The largest absolute Gasteiger partial charge is 0.223 e. The first-order valence-electron chi connectivity index (χ1n) is 3.00. The lowest BCUT2D eigenvalue weighted by Crippen LogP contribution is -2.08. The van der Waals surface area contributed by atoms with Crippen molar-refractivity contribution in [2.24, 2.45) is 5.92 Å². The Bertz CT molecular complexity index is 44.5. The van der Waals surface area contributed by atoms with Crippen LogP contribution >= 0.6 is 11.8 Å². The maximum atomic E-state index is 5.56. The lowest BCUT2D eigenvalue weighted by Gasteiger charge is -2.07. The van der Waals surface area contributed by atoms with Gasteiger partial charge in [-0.2, -0.15) is 0 Å². The lowest BCUT2D eigenvalue weighted by atomic mass is 10.1. The molecule has 0 heterocycles. The summed E-state index contributed by atoms with van der Waals surface area (Å²) < 4.78 is 1.69. The third-order valence-corrected chi connectivity index (χ3v) is 1.18. The second-order valence-electron chi connectivity index (χ2n) is 2.51. The SMILES string of the molecule is CC(C)CCN(C)Cl. The molecule has 0 saturated heterocycles. The van der Waals surface area contributed by atoms with Crippen LogP contribution in [0.4, 0.5) is 0 Å². The molecule has 0 bridgehead atoms. The van der Waals surface area contributed by atoms with E-state index in [9.17, 15) is 0 Å². The van der Waals surface area contributed by atoms with Gasteiger partial charge in [-0.15, -0.1) is 0 Å². The summed E-state index contributed by atoms with van der Waals surface area (Å²) in [6.07, 6.45) is 1.18. The first-order valence-corrected chi connectivity index (χ1v) is 3.33. The third kappa shape index (κ3) is 6.25. The van der Waals surface area contributed by atoms with Crippen molar-refractivity contribution in [1.29, 1.82) is 0 Å². The number of hydrogen-bond donors (Lipinski definition) is 0. The Morgan fingerprint density at radius 1 is 1.50 bits per heavy atom. The van der Waals surface area contributed by atoms with Crippen molar-refractivity contribution in [3.63, 3.8) is 0 Å². The van der Waals surface area contributed by atoms with E-state index in [0.717, 1.165) is 12.5 Å². The zero-order chi connectivity index (χ0) is 6.57. The van der Waals surface area contributed by atoms with E-state index in [4.69, 9.17) is 11.8 Å². The summed E-state index contributed by atoms with van der Waals surface area (Å²) in [5, 5.41) is 0. The highest BCUT2D eigenvalue weighted by atomic mass is 35.5. The van der Waals surface area contributed by atoms with Gasteiger partial charge in [-0.25, -0.2) is 4.42 Å². The molecule has 0 N–H and O–H groups in total. The van der Waals surface area contributed by atoms with E-state index in [-0.39, 0.29) is 0 Å². The molecule has 50 valence electrons. The molecule has 8 heavy (non-hydrogen) atoms. The Morgan fingerprint density at radius 2 is 2.00 bits per heavy atom. The fraction of sp³-hybridized carbons (Fsp3) is 1.00. The van der Waals surface area contributed by atoms with Crippen LogP contribution in [0.2, 0.25) is 0 Å². The molecule has 0 aromatic carbocycles. The quantitative estimate of drug-likeness (QED) is 0.536. The van der Waals surface area contributed by atoms with E-state index in [1.54, 1.807) is 4.42 Å². The average Bonchev–Trinajstić information content (AvgIpc) is 1.61. The zero-order valence-corrected chi connectivity index (χ0v) is 6.57. The Hall–Kier alpha value is 0.250. The van der Waals surface area contributed by atoms with Gasteiger partial charge in [0.15, 0.2) is 0 Å². The maximum Gasteiger partial charge on any atom is 0.0138 e. The van der Waals surface area contributed by atoms with Crippen LogP contribution in [-0.4, -0.2) is 18.0 Å². The molecule has 0 unspecified atom stereocenters. The second-order valence-corrected chi connectivity index (χ2v) is 3.09. The predicted octanol–water partition coefficient (Wildman–Crippen LogP) is 2.12. The fourth-order valence-electron chi connectivity index (χ4n) is 0.436. The van der Waals surface area contributed by atoms with Gasteiger partial charge in [-0.3, -0.25) is 0 Å². The van der Waals surface area contributed by atoms with E-state index in [2.05, 4.69) is 13.8 Å². The van der Waals surface area contributed by atoms with Gasteiger partial charge in [0.2, 0.25) is 0 Å². The van der Waals surface area contributed by atoms with Crippen molar-refractivity contribution in [2.45, 2.75) is 20.3 Å². The molecular formula is C6H14ClN. The molecular weight excluding hydrogens is 122 g/mol. The van der Waals surface area contributed by atoms with Gasteiger partial charge in [0.1, 0.15) is 0 Å². The topological polar surface area (TPSA) is 3.24 Å². The monoisotopic (exact) mass is 135 g/mol. The van der Waals surface area contributed by atoms with Gasteiger partial charge in [-0.05, 0) is 24.1 Å². The standard InChI is InChI=1S/C6H14ClN/c1-6(2)4-5-8(3)7/h6H,4-5H2,1-3H3. The highest BCUT2D eigenvalue weighted by Gasteiger charge is 1.94. The van der Waals surface area contributed by atoms with Gasteiger partial charge in [0, 0.05) is 13.6 Å². The van der Waals surface area contributed by atoms with E-state index in [1.807, 2.05) is 7.05 Å². The van der Waals surface area contributed by atoms with E-state index < -0.39 is 0 Å². The summed E-state index contributed by atoms with van der Waals surface area (Å²) in [5.74, 6) is 0.760. The highest BCUT2D eigenvalue weighted by molar-refractivity contribution is 6.13. The number of nitrogens with zero attached hydrogens (tertiary/aromatic N) is 1. The van der Waals surface area contributed by atoms with Crippen molar-refractivity contribution in [2.75, 3.05) is 13.6 Å². The number of rotatable bonds is 3. The van der Waals surface area contributed by atoms with E-state index in [1.165, 1.54) is 6.42 Å². The fourth-order valence-corrected chi connectivity index (χ4v) is 0.534. The van der Waals surface area contributed by atoms with Crippen molar-refractivity contribution >= 4 is 11.8 Å². The lowest BCUT2D eigenvalue weighted by molar-refractivity contribution is 0.463. The summed E-state index contributed by atoms with van der Waals surface area (Å²) in [6, 6.07) is 0. The van der Waals surface area contributed by atoms with Crippen molar-refractivity contribution < 1.29 is 0 Å². The summed E-state index contributed by atoms with van der Waals surface area (Å²) in [6.45, 7) is 5.38. The average molecular weight is 136 g/mol. The highest BCUT2D eigenvalue weighted by Crippen LogP contribution is 2.00. The Labute approximate surface area is 56.7 Å². The molecule has 0 rings (SSSR count). The Kier molecular flexibility index (Phi) is 4.29. The summed E-state index contributed by atoms with van der Waals surface area (Å²) in [5.41, 5.74) is 0. The van der Waals surface area contributed by atoms with Gasteiger partial charge in [0.05, 0.1) is 0 Å². The van der Waals surface area contributed by atoms with Crippen LogP contribution in [0.15, 0.2) is 0 Å². The summed E-state index contributed by atoms with van der Waals surface area (Å²) in [4.78, 5) is 0. The number of halogens is 1. The van der Waals surface area contributed by atoms with Gasteiger partial charge in [-0.1, -0.05) is 13.8 Å². The van der Waals surface area contributed by atoms with Crippen LogP contribution in [0.1, 0.15) is 20.3 Å². The zero-order valence-electron chi connectivity index (χ0n) is 5.82. The van der Waals surface area contributed by atoms with Crippen LogP contribution in [0.3, 0.4) is 0 Å². The van der Waals surface area contributed by atoms with Gasteiger partial charge < -0.3 is 0 Å². The minimum Gasteiger partial charge on any atom is -0.223 e. The first-order chi connectivity index (χ1) is 3.63. The maximum absolute atomic E-state index is 5.56. The molecule has 0 aromatic rings. The molecule has 2 heteroatoms. The number of hydrogen-bond acceptors (Lipinski definition) is 1. The molecule has 0 fully saturated rings. The second kappa shape index (κ2) is 4.16. The van der Waals surface area contributed by atoms with E-state index >= 15 is 0 Å². The van der Waals surface area contributed by atoms with Crippen LogP contribution in [0.5, 0.6) is 0 Å². The van der Waals surface area contributed by atoms with Crippen LogP contribution < -0.4 is 0 Å². The molecule has 0 spiro atoms. The van der Waals surface area contributed by atoms with Gasteiger partial charge >= 0.3 is 0 Å². The molecule has 0 amide bonds. The Balaban J connectivity index is 2.93. The smallest absolute Gasteiger partial charge is 0.0138 e. The summed E-state index contributed by atoms with van der Waals surface area (Å²) in [7, 11) is 1.88. The van der Waals surface area contributed by atoms with Gasteiger partial charge in [0.25, 0.3) is 0 Å². The molecule has 0 saturated carbocycles. The normalized spacial score (nSPS) is 11.2. The van der Waals surface area contributed by atoms with Crippen LogP contribution in [-0.2, 0) is 0 Å². The molecule has 0 aliphatic carbocycles. The molecule has 1 nitrogen and oxygen atoms in total. The predicted molar refractivity (Wildman–Crippen MR) is 37.9 cm³/mol. The molecule has 0 radical (unpaired) electrons. The first kappa shape index (κ1) is 8.25. The third-order valence-electron chi connectivity index (χ3n) is 1.01. The molecule has 0 aliphatic rings. The molecule has 0 aromatic heterocycles. The van der Waals surface area contributed by atoms with Crippen molar-refractivity contribution in [3.8, 4) is 0 Å². The van der Waals surface area contributed by atoms with E-state index in [0.29, 0.717) is 0 Å². The minimum atomic E-state index is 0.760. The Morgan fingerprint density at radius 3 is 2.12 bits per heavy atom. The molecule has 0 atom stereocenters. The summed E-state index contributed by atoms with van der Waals surface area (Å²) >= 11 is 5.56. The minimum absolute atomic E-state index is 0.760.